The van der Waals surface area contributed by atoms with E-state index in [1.165, 1.54) is 4.90 Å². The van der Waals surface area contributed by atoms with E-state index < -0.39 is 23.2 Å². The van der Waals surface area contributed by atoms with E-state index in [0.717, 1.165) is 16.5 Å². The van der Waals surface area contributed by atoms with Crippen LogP contribution in [0.1, 0.15) is 63.3 Å². The minimum absolute atomic E-state index is 0.00621. The Labute approximate surface area is 306 Å². The van der Waals surface area contributed by atoms with Gasteiger partial charge in [-0.15, -0.1) is 0 Å². The summed E-state index contributed by atoms with van der Waals surface area (Å²) in [7, 11) is 3.20. The zero-order valence-electron chi connectivity index (χ0n) is 28.8. The summed E-state index contributed by atoms with van der Waals surface area (Å²) >= 11 is 6.21. The predicted octanol–water partition coefficient (Wildman–Crippen LogP) is 5.84. The van der Waals surface area contributed by atoms with Crippen LogP contribution in [0, 0.1) is 0 Å². The maximum Gasteiger partial charge on any atom is 0.407 e. The predicted molar refractivity (Wildman–Crippen MR) is 197 cm³/mol. The number of halogens is 1. The first-order valence-corrected chi connectivity index (χ1v) is 19.3. The van der Waals surface area contributed by atoms with Crippen molar-refractivity contribution in [3.05, 3.63) is 62.2 Å². The molecule has 6 rings (SSSR count). The number of anilines is 1. The van der Waals surface area contributed by atoms with E-state index in [4.69, 9.17) is 26.1 Å². The van der Waals surface area contributed by atoms with Crippen molar-refractivity contribution in [2.24, 2.45) is 0 Å². The molecule has 1 amide bonds. The van der Waals surface area contributed by atoms with Crippen LogP contribution in [0.2, 0.25) is 5.28 Å². The highest BCUT2D eigenvalue weighted by molar-refractivity contribution is 8.76. The van der Waals surface area contributed by atoms with Gasteiger partial charge in [0.2, 0.25) is 11.2 Å². The van der Waals surface area contributed by atoms with E-state index in [1.807, 2.05) is 39.8 Å². The third kappa shape index (κ3) is 7.19. The van der Waals surface area contributed by atoms with E-state index in [0.29, 0.717) is 60.2 Å². The maximum absolute atomic E-state index is 13.6. The number of esters is 1. The van der Waals surface area contributed by atoms with Gasteiger partial charge in [-0.2, -0.15) is 15.0 Å². The van der Waals surface area contributed by atoms with Crippen molar-refractivity contribution in [3.8, 4) is 23.1 Å². The molecule has 0 bridgehead atoms. The molecule has 4 aromatic rings. The molecule has 3 N–H and O–H groups in total. The molecule has 5 heterocycles. The number of benzene rings is 1. The molecule has 3 aromatic heterocycles. The Morgan fingerprint density at radius 2 is 1.88 bits per heavy atom. The average molecular weight is 756 g/mol. The van der Waals surface area contributed by atoms with Crippen molar-refractivity contribution >= 4 is 62.1 Å². The Bertz CT molecular complexity index is 2090. The molecule has 51 heavy (non-hydrogen) atoms. The number of aryl methyl sites for hydroxylation is 1. The summed E-state index contributed by atoms with van der Waals surface area (Å²) in [5, 5.41) is 24.6. The molecule has 2 aliphatic rings. The van der Waals surface area contributed by atoms with E-state index in [-0.39, 0.29) is 47.0 Å². The number of fused-ring (bicyclic) bond motifs is 5. The minimum Gasteiger partial charge on any atom is -0.465 e. The number of carbonyl (C=O) groups is 2. The summed E-state index contributed by atoms with van der Waals surface area (Å²) < 4.78 is 12.9. The number of nitrogens with one attached hydrogen (secondary N) is 1. The van der Waals surface area contributed by atoms with E-state index in [2.05, 4.69) is 20.3 Å². The summed E-state index contributed by atoms with van der Waals surface area (Å²) in [6, 6.07) is 7.12. The minimum atomic E-state index is -1.90. The molecular weight excluding hydrogens is 718 g/mol. The number of carbonyl (C=O) groups excluding carboxylic acids is 1. The first-order chi connectivity index (χ1) is 24.2. The first kappa shape index (κ1) is 36.7. The Morgan fingerprint density at radius 3 is 2.59 bits per heavy atom. The smallest absolute Gasteiger partial charge is 0.407 e. The van der Waals surface area contributed by atoms with Crippen molar-refractivity contribution < 1.29 is 29.3 Å². The van der Waals surface area contributed by atoms with Crippen molar-refractivity contribution in [1.29, 1.82) is 0 Å². The van der Waals surface area contributed by atoms with Crippen molar-refractivity contribution in [3.63, 3.8) is 0 Å². The van der Waals surface area contributed by atoms with Crippen LogP contribution >= 0.6 is 33.2 Å². The van der Waals surface area contributed by atoms with Crippen LogP contribution in [0.15, 0.2) is 29.1 Å². The summed E-state index contributed by atoms with van der Waals surface area (Å²) in [4.78, 5) is 56.7. The van der Waals surface area contributed by atoms with Gasteiger partial charge in [0.05, 0.1) is 29.0 Å². The number of hydrogen-bond donors (Lipinski definition) is 3. The van der Waals surface area contributed by atoms with Crippen LogP contribution in [0.4, 0.5) is 10.7 Å². The van der Waals surface area contributed by atoms with E-state index in [1.54, 1.807) is 45.2 Å². The number of cyclic esters (lactones) is 1. The zero-order valence-corrected chi connectivity index (χ0v) is 31.2. The number of rotatable bonds is 12. The van der Waals surface area contributed by atoms with Gasteiger partial charge in [-0.05, 0) is 75.0 Å². The number of amides is 1. The summed E-state index contributed by atoms with van der Waals surface area (Å²) in [6.07, 6.45) is -0.219. The molecule has 0 spiro atoms. The topological polar surface area (TPSA) is 182 Å². The molecule has 2 aliphatic heterocycles. The van der Waals surface area contributed by atoms with E-state index in [9.17, 15) is 24.6 Å². The monoisotopic (exact) mass is 755 g/mol. The van der Waals surface area contributed by atoms with Gasteiger partial charge in [0.15, 0.2) is 5.60 Å². The third-order valence-corrected chi connectivity index (χ3v) is 11.5. The van der Waals surface area contributed by atoms with Crippen LogP contribution in [-0.2, 0) is 34.7 Å². The Kier molecular flexibility index (Phi) is 10.4. The van der Waals surface area contributed by atoms with Crippen LogP contribution in [0.25, 0.3) is 22.3 Å². The summed E-state index contributed by atoms with van der Waals surface area (Å²) in [5.74, 6) is 1.31. The maximum atomic E-state index is 13.6. The second kappa shape index (κ2) is 14.5. The molecule has 17 heteroatoms. The Hall–Kier alpha value is -4.12. The van der Waals surface area contributed by atoms with Crippen molar-refractivity contribution in [2.45, 2.75) is 71.8 Å². The number of pyridine rings is 2. The Balaban J connectivity index is 1.16. The number of nitrogens with zero attached hydrogens (tertiary/aromatic N) is 6. The SMILES string of the molecule is CCc1c2c(nc3ccc(Oc4nc(Cl)nc(NCCSSCCN(C(=O)O)C(C)(C)C)n4)cc13)-c1cc3c(c(=O)n1C2)COC(=O)[C@]3(O)CC. The summed E-state index contributed by atoms with van der Waals surface area (Å²) in [6.45, 7) is 10.4. The van der Waals surface area contributed by atoms with Gasteiger partial charge in [-0.25, -0.2) is 14.6 Å². The lowest BCUT2D eigenvalue weighted by Crippen LogP contribution is -2.46. The third-order valence-electron chi connectivity index (χ3n) is 8.92. The normalized spacial score (nSPS) is 16.3. The van der Waals surface area contributed by atoms with Crippen molar-refractivity contribution in [1.82, 2.24) is 29.4 Å². The van der Waals surface area contributed by atoms with Gasteiger partial charge < -0.3 is 34.5 Å². The fraction of sp³-hybridized carbons (Fsp3) is 0.441. The number of hydrogen-bond acceptors (Lipinski definition) is 13. The number of aromatic nitrogens is 5. The molecule has 0 saturated heterocycles. The fourth-order valence-corrected chi connectivity index (χ4v) is 8.35. The molecule has 0 radical (unpaired) electrons. The van der Waals surface area contributed by atoms with Gasteiger partial charge in [0.1, 0.15) is 12.4 Å². The molecule has 1 atom stereocenters. The molecule has 1 aromatic carbocycles. The molecule has 0 fully saturated rings. The van der Waals surface area contributed by atoms with Gasteiger partial charge in [0.25, 0.3) is 5.56 Å². The van der Waals surface area contributed by atoms with Crippen LogP contribution < -0.4 is 15.6 Å². The summed E-state index contributed by atoms with van der Waals surface area (Å²) in [5.41, 5.74) is 1.62. The van der Waals surface area contributed by atoms with Crippen molar-refractivity contribution in [2.75, 3.05) is 29.9 Å². The van der Waals surface area contributed by atoms with Gasteiger partial charge in [0, 0.05) is 46.6 Å². The molecule has 14 nitrogen and oxygen atoms in total. The number of aliphatic hydroxyl groups is 1. The highest BCUT2D eigenvalue weighted by Crippen LogP contribution is 2.41. The average Bonchev–Trinajstić information content (AvgIpc) is 3.44. The van der Waals surface area contributed by atoms with Gasteiger partial charge in [-0.1, -0.05) is 35.4 Å². The van der Waals surface area contributed by atoms with Crippen LogP contribution in [-0.4, -0.2) is 81.8 Å². The quantitative estimate of drug-likeness (QED) is 0.0784. The highest BCUT2D eigenvalue weighted by atomic mass is 35.5. The second-order valence-corrected chi connectivity index (χ2v) is 16.1. The molecule has 0 aliphatic carbocycles. The van der Waals surface area contributed by atoms with Crippen LogP contribution in [0.5, 0.6) is 11.8 Å². The van der Waals surface area contributed by atoms with Crippen LogP contribution in [0.3, 0.4) is 0 Å². The highest BCUT2D eigenvalue weighted by Gasteiger charge is 2.45. The lowest BCUT2D eigenvalue weighted by molar-refractivity contribution is -0.172. The zero-order chi connectivity index (χ0) is 36.7. The van der Waals surface area contributed by atoms with E-state index >= 15 is 0 Å². The number of carboxylic acid groups (broad SMARTS) is 1. The standard InChI is InChI=1S/C34H38ClN7O7S2/c1-6-19-20-14-18(49-31-39-29(35)38-30(40-31)36-10-12-50-51-13-11-42(32(45)46)33(3,4)5)8-9-24(20)37-26-21(19)16-41-25(26)15-23-22(27(41)43)17-48-28(44)34(23,47)7-2/h8-9,14-15,47H,6-7,10-13,16-17H2,1-5H3,(H,45,46)(H,36,38,39,40)/t34-/m0/s1. The number of ether oxygens (including phenoxy) is 2. The molecular formula is C34H38ClN7O7S2. The molecule has 0 unspecified atom stereocenters. The van der Waals surface area contributed by atoms with Gasteiger partial charge in [-0.3, -0.25) is 4.79 Å². The largest absolute Gasteiger partial charge is 0.465 e. The second-order valence-electron chi connectivity index (χ2n) is 13.0. The van der Waals surface area contributed by atoms with Gasteiger partial charge >= 0.3 is 18.1 Å². The molecule has 0 saturated carbocycles. The molecule has 270 valence electrons. The fourth-order valence-electron chi connectivity index (χ4n) is 6.34. The lowest BCUT2D eigenvalue weighted by atomic mass is 9.86. The lowest BCUT2D eigenvalue weighted by Gasteiger charge is -2.32. The Morgan fingerprint density at radius 1 is 1.12 bits per heavy atom. The first-order valence-electron chi connectivity index (χ1n) is 16.5.